The van der Waals surface area contributed by atoms with Gasteiger partial charge in [-0.25, -0.2) is 0 Å². The van der Waals surface area contributed by atoms with E-state index >= 15 is 0 Å². The fourth-order valence-electron chi connectivity index (χ4n) is 1.27. The van der Waals surface area contributed by atoms with Crippen molar-refractivity contribution in [3.8, 4) is 0 Å². The SMILES string of the molecule is C=Cc1ccc(CC[Si](C)(C)O)cc1. The Hall–Kier alpha value is -0.863. The molecule has 0 saturated carbocycles. The first-order valence-corrected chi connectivity index (χ1v) is 8.10. The first-order chi connectivity index (χ1) is 6.51. The maximum atomic E-state index is 9.70. The Balaban J connectivity index is 2.56. The molecule has 1 aromatic carbocycles. The fourth-order valence-corrected chi connectivity index (χ4v) is 2.17. The quantitative estimate of drug-likeness (QED) is 0.751. The van der Waals surface area contributed by atoms with E-state index in [0.29, 0.717) is 0 Å². The van der Waals surface area contributed by atoms with Crippen molar-refractivity contribution < 1.29 is 4.80 Å². The normalized spacial score (nSPS) is 11.4. The summed E-state index contributed by atoms with van der Waals surface area (Å²) in [6, 6.07) is 9.28. The molecule has 0 radical (unpaired) electrons. The molecule has 0 aliphatic carbocycles. The zero-order chi connectivity index (χ0) is 10.6. The summed E-state index contributed by atoms with van der Waals surface area (Å²) in [5.41, 5.74) is 2.44. The molecule has 0 aliphatic heterocycles. The van der Waals surface area contributed by atoms with Crippen LogP contribution in [0.1, 0.15) is 11.1 Å². The predicted octanol–water partition coefficient (Wildman–Crippen LogP) is 3.07. The van der Waals surface area contributed by atoms with Crippen molar-refractivity contribution in [2.45, 2.75) is 25.6 Å². The summed E-state index contributed by atoms with van der Waals surface area (Å²) in [4.78, 5) is 9.70. The molecule has 76 valence electrons. The lowest BCUT2D eigenvalue weighted by atomic mass is 10.1. The molecular weight excluding hydrogens is 188 g/mol. The Kier molecular flexibility index (Phi) is 3.67. The van der Waals surface area contributed by atoms with Crippen LogP contribution in [0, 0.1) is 0 Å². The van der Waals surface area contributed by atoms with Crippen LogP contribution >= 0.6 is 0 Å². The summed E-state index contributed by atoms with van der Waals surface area (Å²) >= 11 is 0. The number of aryl methyl sites for hydroxylation is 1. The molecule has 0 amide bonds. The molecule has 0 heterocycles. The van der Waals surface area contributed by atoms with Gasteiger partial charge < -0.3 is 4.80 Å². The monoisotopic (exact) mass is 206 g/mol. The van der Waals surface area contributed by atoms with Gasteiger partial charge in [0.15, 0.2) is 8.32 Å². The van der Waals surface area contributed by atoms with E-state index in [4.69, 9.17) is 0 Å². The van der Waals surface area contributed by atoms with Crippen molar-refractivity contribution in [1.82, 2.24) is 0 Å². The van der Waals surface area contributed by atoms with E-state index in [-0.39, 0.29) is 0 Å². The van der Waals surface area contributed by atoms with Crippen LogP contribution in [0.4, 0.5) is 0 Å². The summed E-state index contributed by atoms with van der Waals surface area (Å²) in [7, 11) is -1.88. The van der Waals surface area contributed by atoms with E-state index in [1.165, 1.54) is 5.56 Å². The average Bonchev–Trinajstić information content (AvgIpc) is 2.14. The topological polar surface area (TPSA) is 20.2 Å². The minimum Gasteiger partial charge on any atom is -0.432 e. The molecule has 0 fully saturated rings. The lowest BCUT2D eigenvalue weighted by Gasteiger charge is -2.13. The van der Waals surface area contributed by atoms with Gasteiger partial charge in [-0.1, -0.05) is 36.9 Å². The maximum absolute atomic E-state index is 9.70. The molecule has 0 spiro atoms. The summed E-state index contributed by atoms with van der Waals surface area (Å²) in [6.07, 6.45) is 2.82. The predicted molar refractivity (Wildman–Crippen MR) is 64.7 cm³/mol. The van der Waals surface area contributed by atoms with Gasteiger partial charge in [-0.15, -0.1) is 0 Å². The highest BCUT2D eigenvalue weighted by atomic mass is 28.4. The van der Waals surface area contributed by atoms with Gasteiger partial charge in [0.05, 0.1) is 0 Å². The molecule has 1 nitrogen and oxygen atoms in total. The number of rotatable bonds is 4. The minimum atomic E-state index is -1.88. The Bertz CT molecular complexity index is 295. The van der Waals surface area contributed by atoms with Crippen LogP contribution in [0.2, 0.25) is 19.1 Å². The third kappa shape index (κ3) is 3.90. The van der Waals surface area contributed by atoms with Gasteiger partial charge in [-0.3, -0.25) is 0 Å². The maximum Gasteiger partial charge on any atom is 0.182 e. The molecule has 0 bridgehead atoms. The van der Waals surface area contributed by atoms with Crippen molar-refractivity contribution >= 4 is 14.4 Å². The van der Waals surface area contributed by atoms with Crippen molar-refractivity contribution in [2.75, 3.05) is 0 Å². The summed E-state index contributed by atoms with van der Waals surface area (Å²) in [6.45, 7) is 7.67. The highest BCUT2D eigenvalue weighted by Crippen LogP contribution is 2.12. The van der Waals surface area contributed by atoms with Crippen LogP contribution in [-0.2, 0) is 6.42 Å². The molecule has 0 aliphatic rings. The lowest BCUT2D eigenvalue weighted by Crippen LogP contribution is -2.25. The molecule has 0 aromatic heterocycles. The van der Waals surface area contributed by atoms with Crippen LogP contribution in [0.15, 0.2) is 30.8 Å². The highest BCUT2D eigenvalue weighted by Gasteiger charge is 2.15. The standard InChI is InChI=1S/C12H18OSi/c1-4-11-5-7-12(8-6-11)9-10-14(2,3)13/h4-8,13H,1,9-10H2,2-3H3. The van der Waals surface area contributed by atoms with Crippen molar-refractivity contribution in [1.29, 1.82) is 0 Å². The van der Waals surface area contributed by atoms with Crippen molar-refractivity contribution in [3.05, 3.63) is 42.0 Å². The van der Waals surface area contributed by atoms with Gasteiger partial charge in [-0.05, 0) is 36.7 Å². The van der Waals surface area contributed by atoms with Gasteiger partial charge >= 0.3 is 0 Å². The number of hydrogen-bond donors (Lipinski definition) is 1. The first-order valence-electron chi connectivity index (χ1n) is 4.95. The van der Waals surface area contributed by atoms with Gasteiger partial charge in [0.1, 0.15) is 0 Å². The number of benzene rings is 1. The minimum absolute atomic E-state index is 0.931. The smallest absolute Gasteiger partial charge is 0.182 e. The fraction of sp³-hybridized carbons (Fsp3) is 0.333. The van der Waals surface area contributed by atoms with Crippen LogP contribution in [0.3, 0.4) is 0 Å². The van der Waals surface area contributed by atoms with E-state index in [9.17, 15) is 4.80 Å². The van der Waals surface area contributed by atoms with E-state index in [2.05, 4.69) is 30.8 Å². The summed E-state index contributed by atoms with van der Waals surface area (Å²) in [5.74, 6) is 0. The second kappa shape index (κ2) is 4.58. The average molecular weight is 206 g/mol. The molecule has 1 N–H and O–H groups in total. The van der Waals surface area contributed by atoms with E-state index in [0.717, 1.165) is 18.0 Å². The van der Waals surface area contributed by atoms with Gasteiger partial charge in [-0.2, -0.15) is 0 Å². The van der Waals surface area contributed by atoms with Gasteiger partial charge in [0.2, 0.25) is 0 Å². The highest BCUT2D eigenvalue weighted by molar-refractivity contribution is 6.69. The molecule has 1 rings (SSSR count). The first kappa shape index (κ1) is 11.2. The second-order valence-electron chi connectivity index (χ2n) is 4.26. The van der Waals surface area contributed by atoms with Crippen molar-refractivity contribution in [2.24, 2.45) is 0 Å². The zero-order valence-corrected chi connectivity index (χ0v) is 9.96. The van der Waals surface area contributed by atoms with E-state index in [1.54, 1.807) is 0 Å². The second-order valence-corrected chi connectivity index (χ2v) is 8.38. The zero-order valence-electron chi connectivity index (χ0n) is 8.96. The van der Waals surface area contributed by atoms with E-state index in [1.807, 2.05) is 19.2 Å². The largest absolute Gasteiger partial charge is 0.432 e. The summed E-state index contributed by atoms with van der Waals surface area (Å²) < 4.78 is 0. The van der Waals surface area contributed by atoms with Gasteiger partial charge in [0, 0.05) is 0 Å². The van der Waals surface area contributed by atoms with Crippen LogP contribution < -0.4 is 0 Å². The Labute approximate surface area is 87.2 Å². The van der Waals surface area contributed by atoms with Crippen LogP contribution in [-0.4, -0.2) is 13.1 Å². The third-order valence-corrected chi connectivity index (χ3v) is 3.71. The van der Waals surface area contributed by atoms with E-state index < -0.39 is 8.32 Å². The Morgan fingerprint density at radius 1 is 1.29 bits per heavy atom. The molecule has 2 heteroatoms. The molecular formula is C12H18OSi. The molecule has 1 aromatic rings. The Morgan fingerprint density at radius 3 is 2.29 bits per heavy atom. The molecule has 0 unspecified atom stereocenters. The molecule has 14 heavy (non-hydrogen) atoms. The van der Waals surface area contributed by atoms with Crippen LogP contribution in [0.5, 0.6) is 0 Å². The van der Waals surface area contributed by atoms with Crippen molar-refractivity contribution in [3.63, 3.8) is 0 Å². The number of hydrogen-bond acceptors (Lipinski definition) is 1. The lowest BCUT2D eigenvalue weighted by molar-refractivity contribution is 0.547. The molecule has 0 atom stereocenters. The van der Waals surface area contributed by atoms with Gasteiger partial charge in [0.25, 0.3) is 0 Å². The molecule has 0 saturated heterocycles. The Morgan fingerprint density at radius 2 is 1.86 bits per heavy atom. The third-order valence-electron chi connectivity index (χ3n) is 2.24. The summed E-state index contributed by atoms with van der Waals surface area (Å²) in [5, 5.41) is 0. The van der Waals surface area contributed by atoms with Crippen LogP contribution in [0.25, 0.3) is 6.08 Å².